The van der Waals surface area contributed by atoms with Gasteiger partial charge in [-0.05, 0) is 59.7 Å². The number of benzene rings is 7. The Balaban J connectivity index is 1.04. The van der Waals surface area contributed by atoms with E-state index in [9.17, 15) is 0 Å². The fraction of sp³-hybridized carbons (Fsp3) is 0. The van der Waals surface area contributed by atoms with Crippen molar-refractivity contribution in [2.45, 2.75) is 0 Å². The topological polar surface area (TPSA) is 69.6 Å². The molecule has 0 aliphatic rings. The molecule has 0 aliphatic heterocycles. The number of nitrogens with zero attached hydrogens (tertiary/aromatic N) is 5. The van der Waals surface area contributed by atoms with Crippen LogP contribution in [0.15, 0.2) is 180 Å². The van der Waals surface area contributed by atoms with Crippen LogP contribution in [-0.2, 0) is 0 Å². The Labute approximate surface area is 299 Å². The molecule has 0 aliphatic carbocycles. The van der Waals surface area contributed by atoms with Gasteiger partial charge in [-0.3, -0.25) is 0 Å². The summed E-state index contributed by atoms with van der Waals surface area (Å²) in [5.41, 5.74) is 10.6. The molecule has 0 atom stereocenters. The zero-order valence-electron chi connectivity index (χ0n) is 27.9. The Hall–Kier alpha value is -7.18. The van der Waals surface area contributed by atoms with E-state index < -0.39 is 0 Å². The van der Waals surface area contributed by atoms with Crippen molar-refractivity contribution < 1.29 is 4.42 Å². The van der Waals surface area contributed by atoms with Gasteiger partial charge in [-0.2, -0.15) is 0 Å². The van der Waals surface area contributed by atoms with Crippen LogP contribution in [0.1, 0.15) is 0 Å². The van der Waals surface area contributed by atoms with Gasteiger partial charge in [0, 0.05) is 38.7 Å². The maximum absolute atomic E-state index is 6.35. The van der Waals surface area contributed by atoms with Crippen molar-refractivity contribution in [2.24, 2.45) is 0 Å². The molecule has 0 saturated carbocycles. The second-order valence-corrected chi connectivity index (χ2v) is 12.7. The Morgan fingerprint density at radius 3 is 1.54 bits per heavy atom. The van der Waals surface area contributed by atoms with Crippen LogP contribution >= 0.6 is 0 Å². The van der Waals surface area contributed by atoms with Crippen molar-refractivity contribution in [1.29, 1.82) is 0 Å². The maximum atomic E-state index is 6.35. The molecule has 6 heteroatoms. The van der Waals surface area contributed by atoms with E-state index in [1.807, 2.05) is 72.8 Å². The predicted octanol–water partition coefficient (Wildman–Crippen LogP) is 11.4. The van der Waals surface area contributed by atoms with E-state index in [0.717, 1.165) is 55.6 Å². The highest BCUT2D eigenvalue weighted by molar-refractivity contribution is 6.09. The summed E-state index contributed by atoms with van der Waals surface area (Å²) < 4.78 is 8.65. The third kappa shape index (κ3) is 5.22. The van der Waals surface area contributed by atoms with Gasteiger partial charge in [0.1, 0.15) is 5.52 Å². The van der Waals surface area contributed by atoms with E-state index >= 15 is 0 Å². The summed E-state index contributed by atoms with van der Waals surface area (Å²) in [6.45, 7) is 0. The molecule has 0 unspecified atom stereocenters. The quantitative estimate of drug-likeness (QED) is 0.176. The van der Waals surface area contributed by atoms with Crippen LogP contribution in [0.2, 0.25) is 0 Å². The second-order valence-electron chi connectivity index (χ2n) is 12.7. The largest absolute Gasteiger partial charge is 0.436 e. The Morgan fingerprint density at radius 2 is 0.865 bits per heavy atom. The lowest BCUT2D eigenvalue weighted by Gasteiger charge is -2.09. The van der Waals surface area contributed by atoms with Crippen LogP contribution in [0, 0.1) is 0 Å². The van der Waals surface area contributed by atoms with Gasteiger partial charge in [0.05, 0.1) is 11.0 Å². The number of hydrogen-bond donors (Lipinski definition) is 0. The molecule has 0 spiro atoms. The van der Waals surface area contributed by atoms with E-state index in [2.05, 4.69) is 108 Å². The number of oxazole rings is 1. The Kier molecular flexibility index (Phi) is 7.03. The Bertz CT molecular complexity index is 2840. The molecule has 0 N–H and O–H groups in total. The summed E-state index contributed by atoms with van der Waals surface area (Å²) in [6, 6.07) is 60.0. The molecule has 244 valence electrons. The SMILES string of the molecule is c1ccc(-c2ccc(-c3nc(-c4ccccc4)nc(-c4ccc5oc(-c6cccc(-n7c8ccccc8c8ccccc87)c6)nc5c4)n3)cc2)cc1. The minimum Gasteiger partial charge on any atom is -0.436 e. The summed E-state index contributed by atoms with van der Waals surface area (Å²) in [5, 5.41) is 2.44. The standard InChI is InChI=1S/C46H29N5O/c1-3-12-30(13-4-1)31-22-24-33(25-23-31)44-48-43(32-14-5-2-6-15-32)49-45(50-44)34-26-27-42-39(29-34)47-46(52-42)35-16-11-17-36(28-35)51-40-20-9-7-18-37(40)38-19-8-10-21-41(38)51/h1-29H. The highest BCUT2D eigenvalue weighted by Crippen LogP contribution is 2.35. The average molecular weight is 668 g/mol. The number of para-hydroxylation sites is 2. The maximum Gasteiger partial charge on any atom is 0.227 e. The predicted molar refractivity (Wildman–Crippen MR) is 209 cm³/mol. The van der Waals surface area contributed by atoms with E-state index in [1.165, 1.54) is 10.8 Å². The Morgan fingerprint density at radius 1 is 0.365 bits per heavy atom. The van der Waals surface area contributed by atoms with E-state index in [-0.39, 0.29) is 0 Å². The van der Waals surface area contributed by atoms with Gasteiger partial charge < -0.3 is 8.98 Å². The first-order valence-electron chi connectivity index (χ1n) is 17.2. The molecule has 6 nitrogen and oxygen atoms in total. The van der Waals surface area contributed by atoms with Crippen molar-refractivity contribution in [3.63, 3.8) is 0 Å². The summed E-state index contributed by atoms with van der Waals surface area (Å²) in [5.74, 6) is 2.33. The van der Waals surface area contributed by atoms with E-state index in [1.54, 1.807) is 0 Å². The summed E-state index contributed by atoms with van der Waals surface area (Å²) in [6.07, 6.45) is 0. The molecule has 0 fully saturated rings. The van der Waals surface area contributed by atoms with E-state index in [4.69, 9.17) is 24.4 Å². The molecular formula is C46H29N5O. The molecule has 52 heavy (non-hydrogen) atoms. The lowest BCUT2D eigenvalue weighted by Crippen LogP contribution is -2.00. The third-order valence-electron chi connectivity index (χ3n) is 9.49. The fourth-order valence-electron chi connectivity index (χ4n) is 6.96. The number of rotatable bonds is 6. The van der Waals surface area contributed by atoms with Crippen molar-refractivity contribution in [1.82, 2.24) is 24.5 Å². The van der Waals surface area contributed by atoms with E-state index in [0.29, 0.717) is 28.9 Å². The molecule has 0 bridgehead atoms. The number of hydrogen-bond acceptors (Lipinski definition) is 5. The second kappa shape index (κ2) is 12.3. The molecule has 7 aromatic carbocycles. The fourth-order valence-corrected chi connectivity index (χ4v) is 6.96. The van der Waals surface area contributed by atoms with Crippen LogP contribution in [0.4, 0.5) is 0 Å². The van der Waals surface area contributed by atoms with Crippen LogP contribution < -0.4 is 0 Å². The van der Waals surface area contributed by atoms with Gasteiger partial charge in [-0.1, -0.05) is 127 Å². The molecule has 0 saturated heterocycles. The van der Waals surface area contributed by atoms with Gasteiger partial charge in [0.15, 0.2) is 23.1 Å². The van der Waals surface area contributed by atoms with Gasteiger partial charge in [0.2, 0.25) is 5.89 Å². The summed E-state index contributed by atoms with van der Waals surface area (Å²) >= 11 is 0. The van der Waals surface area contributed by atoms with Crippen LogP contribution in [0.5, 0.6) is 0 Å². The monoisotopic (exact) mass is 667 g/mol. The summed E-state index contributed by atoms with van der Waals surface area (Å²) in [4.78, 5) is 19.8. The number of fused-ring (bicyclic) bond motifs is 4. The molecule has 10 aromatic rings. The normalized spacial score (nSPS) is 11.5. The van der Waals surface area contributed by atoms with Crippen molar-refractivity contribution in [3.8, 4) is 62.4 Å². The average Bonchev–Trinajstić information content (AvgIpc) is 3.81. The highest BCUT2D eigenvalue weighted by atomic mass is 16.3. The van der Waals surface area contributed by atoms with Crippen molar-refractivity contribution in [2.75, 3.05) is 0 Å². The summed E-state index contributed by atoms with van der Waals surface area (Å²) in [7, 11) is 0. The van der Waals surface area contributed by atoms with Crippen LogP contribution in [0.25, 0.3) is 95.3 Å². The zero-order chi connectivity index (χ0) is 34.4. The van der Waals surface area contributed by atoms with Gasteiger partial charge in [-0.15, -0.1) is 0 Å². The van der Waals surface area contributed by atoms with Gasteiger partial charge in [-0.25, -0.2) is 19.9 Å². The lowest BCUT2D eigenvalue weighted by atomic mass is 10.0. The first-order chi connectivity index (χ1) is 25.7. The minimum atomic E-state index is 0.551. The zero-order valence-corrected chi connectivity index (χ0v) is 27.9. The third-order valence-corrected chi connectivity index (χ3v) is 9.49. The minimum absolute atomic E-state index is 0.551. The number of aromatic nitrogens is 5. The van der Waals surface area contributed by atoms with Crippen molar-refractivity contribution in [3.05, 3.63) is 176 Å². The highest BCUT2D eigenvalue weighted by Gasteiger charge is 2.17. The first kappa shape index (κ1) is 29.7. The van der Waals surface area contributed by atoms with Gasteiger partial charge in [0.25, 0.3) is 0 Å². The van der Waals surface area contributed by atoms with Crippen LogP contribution in [0.3, 0.4) is 0 Å². The molecule has 10 rings (SSSR count). The molecule has 3 heterocycles. The molecule has 3 aromatic heterocycles. The van der Waals surface area contributed by atoms with Gasteiger partial charge >= 0.3 is 0 Å². The molecular weight excluding hydrogens is 639 g/mol. The molecule has 0 radical (unpaired) electrons. The first-order valence-corrected chi connectivity index (χ1v) is 17.2. The van der Waals surface area contributed by atoms with Crippen molar-refractivity contribution >= 4 is 32.9 Å². The lowest BCUT2D eigenvalue weighted by molar-refractivity contribution is 0.620. The smallest absolute Gasteiger partial charge is 0.227 e. The molecule has 0 amide bonds. The van der Waals surface area contributed by atoms with Crippen LogP contribution in [-0.4, -0.2) is 24.5 Å².